The molecular weight excluding hydrogens is 232 g/mol. The highest BCUT2D eigenvalue weighted by molar-refractivity contribution is 4.76. The van der Waals surface area contributed by atoms with E-state index in [-0.39, 0.29) is 0 Å². The first kappa shape index (κ1) is 18.9. The zero-order chi connectivity index (χ0) is 14.7. The van der Waals surface area contributed by atoms with Gasteiger partial charge in [0.15, 0.2) is 0 Å². The summed E-state index contributed by atoms with van der Waals surface area (Å²) in [7, 11) is 2.30. The number of hydrogen-bond donors (Lipinski definition) is 0. The van der Waals surface area contributed by atoms with Gasteiger partial charge in [0.25, 0.3) is 0 Å². The molecule has 0 aliphatic carbocycles. The van der Waals surface area contributed by atoms with Crippen LogP contribution in [0.4, 0.5) is 0 Å². The van der Waals surface area contributed by atoms with E-state index < -0.39 is 0 Å². The minimum absolute atomic E-state index is 0.734. The molecule has 1 fully saturated rings. The normalized spacial score (nSPS) is 17.7. The second kappa shape index (κ2) is 11.7. The van der Waals surface area contributed by atoms with E-state index in [0.29, 0.717) is 0 Å². The molecule has 0 spiro atoms. The molecule has 0 unspecified atom stereocenters. The van der Waals surface area contributed by atoms with Crippen LogP contribution in [-0.2, 0) is 0 Å². The molecule has 0 aromatic carbocycles. The highest BCUT2D eigenvalue weighted by Gasteiger charge is 2.21. The lowest BCUT2D eigenvalue weighted by Gasteiger charge is -2.36. The lowest BCUT2D eigenvalue weighted by atomic mass is 9.95. The van der Waals surface area contributed by atoms with Crippen molar-refractivity contribution in [3.05, 3.63) is 0 Å². The van der Waals surface area contributed by atoms with Gasteiger partial charge in [0.2, 0.25) is 0 Å². The second-order valence-corrected chi connectivity index (χ2v) is 6.04. The van der Waals surface area contributed by atoms with E-state index in [1.807, 2.05) is 13.8 Å². The number of rotatable bonds is 7. The van der Waals surface area contributed by atoms with Crippen molar-refractivity contribution in [2.24, 2.45) is 5.92 Å². The summed E-state index contributed by atoms with van der Waals surface area (Å²) < 4.78 is 0. The van der Waals surface area contributed by atoms with Gasteiger partial charge in [-0.25, -0.2) is 0 Å². The Morgan fingerprint density at radius 3 is 2.16 bits per heavy atom. The fourth-order valence-electron chi connectivity index (χ4n) is 2.82. The molecule has 19 heavy (non-hydrogen) atoms. The summed E-state index contributed by atoms with van der Waals surface area (Å²) in [4.78, 5) is 5.17. The third kappa shape index (κ3) is 8.65. The lowest BCUT2D eigenvalue weighted by Crippen LogP contribution is -2.41. The molecule has 1 saturated heterocycles. The van der Waals surface area contributed by atoms with Gasteiger partial charge >= 0.3 is 0 Å². The molecule has 0 aromatic rings. The number of nitrogens with zero attached hydrogens (tertiary/aromatic N) is 2. The van der Waals surface area contributed by atoms with Gasteiger partial charge in [-0.05, 0) is 65.7 Å². The van der Waals surface area contributed by atoms with Crippen LogP contribution in [0.3, 0.4) is 0 Å². The van der Waals surface area contributed by atoms with Crippen LogP contribution in [0, 0.1) is 5.92 Å². The Labute approximate surface area is 122 Å². The van der Waals surface area contributed by atoms with Crippen LogP contribution < -0.4 is 0 Å². The van der Waals surface area contributed by atoms with Crippen molar-refractivity contribution in [3.8, 4) is 0 Å². The standard InChI is InChI=1S/C15H32N2.C2H6/c1-5-6-7-10-16(4)13-15-8-11-17(12-9-15)14(2)3;1-2/h14-15H,5-13H2,1-4H3;1-2H3. The Morgan fingerprint density at radius 2 is 1.68 bits per heavy atom. The highest BCUT2D eigenvalue weighted by atomic mass is 15.2. The van der Waals surface area contributed by atoms with Gasteiger partial charge in [0, 0.05) is 12.6 Å². The number of hydrogen-bond acceptors (Lipinski definition) is 2. The molecule has 0 amide bonds. The first-order chi connectivity index (χ1) is 9.13. The van der Waals surface area contributed by atoms with Crippen molar-refractivity contribution in [1.82, 2.24) is 9.80 Å². The summed E-state index contributed by atoms with van der Waals surface area (Å²) in [6, 6.07) is 0.734. The topological polar surface area (TPSA) is 6.48 Å². The van der Waals surface area contributed by atoms with Crippen molar-refractivity contribution in [1.29, 1.82) is 0 Å². The summed E-state index contributed by atoms with van der Waals surface area (Å²) in [5.74, 6) is 0.941. The third-order valence-electron chi connectivity index (χ3n) is 4.09. The maximum absolute atomic E-state index is 2.62. The maximum atomic E-state index is 2.62. The van der Waals surface area contributed by atoms with Crippen molar-refractivity contribution < 1.29 is 0 Å². The van der Waals surface area contributed by atoms with Crippen molar-refractivity contribution in [2.75, 3.05) is 33.2 Å². The quantitative estimate of drug-likeness (QED) is 0.638. The van der Waals surface area contributed by atoms with Gasteiger partial charge in [0.1, 0.15) is 0 Å². The average Bonchev–Trinajstić information content (AvgIpc) is 2.42. The fourth-order valence-corrected chi connectivity index (χ4v) is 2.82. The number of unbranched alkanes of at least 4 members (excludes halogenated alkanes) is 2. The van der Waals surface area contributed by atoms with E-state index in [2.05, 4.69) is 37.6 Å². The van der Waals surface area contributed by atoms with E-state index in [0.717, 1.165) is 12.0 Å². The fraction of sp³-hybridized carbons (Fsp3) is 1.00. The Hall–Kier alpha value is -0.0800. The Morgan fingerprint density at radius 1 is 1.11 bits per heavy atom. The Balaban J connectivity index is 0.00000154. The molecule has 0 saturated carbocycles. The zero-order valence-corrected chi connectivity index (χ0v) is 14.4. The van der Waals surface area contributed by atoms with Crippen LogP contribution in [-0.4, -0.2) is 49.1 Å². The third-order valence-corrected chi connectivity index (χ3v) is 4.09. The number of likely N-dealkylation sites (tertiary alicyclic amines) is 1. The van der Waals surface area contributed by atoms with Crippen molar-refractivity contribution in [3.63, 3.8) is 0 Å². The van der Waals surface area contributed by atoms with Crippen LogP contribution in [0.5, 0.6) is 0 Å². The van der Waals surface area contributed by atoms with Gasteiger partial charge in [-0.15, -0.1) is 0 Å². The molecule has 1 heterocycles. The SMILES string of the molecule is CC.CCCCCN(C)CC1CCN(C(C)C)CC1. The smallest absolute Gasteiger partial charge is 0.00385 e. The molecule has 2 nitrogen and oxygen atoms in total. The van der Waals surface area contributed by atoms with Gasteiger partial charge < -0.3 is 9.80 Å². The minimum atomic E-state index is 0.734. The highest BCUT2D eigenvalue weighted by Crippen LogP contribution is 2.19. The zero-order valence-electron chi connectivity index (χ0n) is 14.4. The molecule has 0 N–H and O–H groups in total. The van der Waals surface area contributed by atoms with Crippen LogP contribution in [0.25, 0.3) is 0 Å². The molecule has 1 rings (SSSR count). The summed E-state index contributed by atoms with van der Waals surface area (Å²) in [5.41, 5.74) is 0. The first-order valence-corrected chi connectivity index (χ1v) is 8.56. The van der Waals surface area contributed by atoms with Crippen LogP contribution >= 0.6 is 0 Å². The molecule has 1 aliphatic rings. The molecule has 0 aromatic heterocycles. The summed E-state index contributed by atoms with van der Waals surface area (Å²) >= 11 is 0. The van der Waals surface area contributed by atoms with Crippen molar-refractivity contribution in [2.45, 2.75) is 72.8 Å². The van der Waals surface area contributed by atoms with E-state index >= 15 is 0 Å². The van der Waals surface area contributed by atoms with E-state index in [4.69, 9.17) is 0 Å². The molecule has 0 atom stereocenters. The van der Waals surface area contributed by atoms with E-state index in [9.17, 15) is 0 Å². The number of piperidine rings is 1. The summed E-state index contributed by atoms with van der Waals surface area (Å²) in [6.07, 6.45) is 6.89. The Kier molecular flexibility index (Phi) is 11.7. The monoisotopic (exact) mass is 270 g/mol. The molecular formula is C17H38N2. The summed E-state index contributed by atoms with van der Waals surface area (Å²) in [6.45, 7) is 16.1. The van der Waals surface area contributed by atoms with Crippen LogP contribution in [0.2, 0.25) is 0 Å². The van der Waals surface area contributed by atoms with Crippen LogP contribution in [0.15, 0.2) is 0 Å². The molecule has 0 bridgehead atoms. The van der Waals surface area contributed by atoms with Gasteiger partial charge in [-0.2, -0.15) is 0 Å². The van der Waals surface area contributed by atoms with Crippen molar-refractivity contribution >= 4 is 0 Å². The minimum Gasteiger partial charge on any atom is -0.306 e. The largest absolute Gasteiger partial charge is 0.306 e. The first-order valence-electron chi connectivity index (χ1n) is 8.56. The van der Waals surface area contributed by atoms with Crippen LogP contribution in [0.1, 0.15) is 66.7 Å². The summed E-state index contributed by atoms with van der Waals surface area (Å²) in [5, 5.41) is 0. The molecule has 116 valence electrons. The molecule has 2 heteroatoms. The maximum Gasteiger partial charge on any atom is 0.00385 e. The van der Waals surface area contributed by atoms with E-state index in [1.165, 1.54) is 58.3 Å². The molecule has 0 radical (unpaired) electrons. The molecule has 1 aliphatic heterocycles. The van der Waals surface area contributed by atoms with Gasteiger partial charge in [-0.1, -0.05) is 33.6 Å². The Bertz CT molecular complexity index is 184. The second-order valence-electron chi connectivity index (χ2n) is 6.04. The average molecular weight is 271 g/mol. The van der Waals surface area contributed by atoms with E-state index in [1.54, 1.807) is 0 Å². The van der Waals surface area contributed by atoms with Gasteiger partial charge in [0.05, 0.1) is 0 Å². The predicted octanol–water partition coefficient (Wildman–Crippen LogP) is 4.26. The lowest BCUT2D eigenvalue weighted by molar-refractivity contribution is 0.128. The predicted molar refractivity (Wildman–Crippen MR) is 87.8 cm³/mol. The van der Waals surface area contributed by atoms with Gasteiger partial charge in [-0.3, -0.25) is 0 Å².